The second-order valence-corrected chi connectivity index (χ2v) is 2.03. The average molecular weight is 170 g/mol. The Morgan fingerprint density at radius 3 is 2.67 bits per heavy atom. The quantitative estimate of drug-likeness (QED) is 0.366. The first-order valence-corrected chi connectivity index (χ1v) is 2.86. The number of nitro groups is 1. The molecule has 8 heteroatoms. The Bertz CT molecular complexity index is 421. The molecule has 0 radical (unpaired) electrons. The first-order valence-electron chi connectivity index (χ1n) is 2.86. The van der Waals surface area contributed by atoms with E-state index in [-0.39, 0.29) is 0 Å². The summed E-state index contributed by atoms with van der Waals surface area (Å²) in [7, 11) is 1.28. The number of aromatic amines is 1. The van der Waals surface area contributed by atoms with Gasteiger partial charge >= 0.3 is 17.1 Å². The minimum atomic E-state index is -0.837. The third-order valence-electron chi connectivity index (χ3n) is 1.29. The largest absolute Gasteiger partial charge is 0.545 e. The highest BCUT2D eigenvalue weighted by atomic mass is 16.6. The Kier molecular flexibility index (Phi) is 1.63. The van der Waals surface area contributed by atoms with Gasteiger partial charge in [0.2, 0.25) is 5.39 Å². The Labute approximate surface area is 65.2 Å². The summed E-state index contributed by atoms with van der Waals surface area (Å²) in [5, 5.41) is 20.6. The van der Waals surface area contributed by atoms with Crippen LogP contribution in [0, 0.1) is 15.5 Å². The number of aromatic nitrogens is 2. The molecule has 1 aromatic heterocycles. The van der Waals surface area contributed by atoms with E-state index in [1.165, 1.54) is 7.05 Å². The van der Waals surface area contributed by atoms with Crippen LogP contribution in [0.25, 0.3) is 4.98 Å². The molecular formula is C4H4N5O3+. The van der Waals surface area contributed by atoms with E-state index < -0.39 is 22.0 Å². The molecule has 8 nitrogen and oxygen atoms in total. The highest BCUT2D eigenvalue weighted by Crippen LogP contribution is 2.18. The lowest BCUT2D eigenvalue weighted by atomic mass is 10.5. The topological polar surface area (TPSA) is 109 Å². The van der Waals surface area contributed by atoms with Crippen LogP contribution in [0.5, 0.6) is 0 Å². The summed E-state index contributed by atoms with van der Waals surface area (Å²) in [5.74, 6) is -0.620. The van der Waals surface area contributed by atoms with E-state index in [4.69, 9.17) is 5.39 Å². The predicted octanol–water partition coefficient (Wildman–Crippen LogP) is 0.106. The van der Waals surface area contributed by atoms with Crippen molar-refractivity contribution in [2.45, 2.75) is 0 Å². The van der Waals surface area contributed by atoms with Gasteiger partial charge in [-0.05, 0) is 4.92 Å². The van der Waals surface area contributed by atoms with Gasteiger partial charge in [0.15, 0.2) is 4.98 Å². The lowest BCUT2D eigenvalue weighted by molar-refractivity contribution is -0.388. The molecule has 12 heavy (non-hydrogen) atoms. The van der Waals surface area contributed by atoms with Crippen molar-refractivity contribution in [3.63, 3.8) is 0 Å². The Balaban J connectivity index is 3.53. The predicted molar refractivity (Wildman–Crippen MR) is 37.4 cm³/mol. The molecule has 0 atom stereocenters. The summed E-state index contributed by atoms with van der Waals surface area (Å²) in [6.07, 6.45) is 0. The van der Waals surface area contributed by atoms with Gasteiger partial charge in [0, 0.05) is 0 Å². The van der Waals surface area contributed by atoms with Crippen LogP contribution < -0.4 is 5.56 Å². The smallest absolute Gasteiger partial charge is 0.358 e. The van der Waals surface area contributed by atoms with Crippen LogP contribution in [0.4, 0.5) is 11.5 Å². The summed E-state index contributed by atoms with van der Waals surface area (Å²) in [6.45, 7) is 0. The van der Waals surface area contributed by atoms with E-state index in [1.807, 2.05) is 0 Å². The van der Waals surface area contributed by atoms with Crippen LogP contribution in [0.15, 0.2) is 4.79 Å². The Morgan fingerprint density at radius 2 is 2.33 bits per heavy atom. The number of hydrogen-bond donors (Lipinski definition) is 1. The molecular weight excluding hydrogens is 166 g/mol. The monoisotopic (exact) mass is 170 g/mol. The fraction of sp³-hybridized carbons (Fsp3) is 0.250. The van der Waals surface area contributed by atoms with Crippen molar-refractivity contribution in [2.75, 3.05) is 0 Å². The highest BCUT2D eigenvalue weighted by molar-refractivity contribution is 5.55. The van der Waals surface area contributed by atoms with E-state index in [1.54, 1.807) is 0 Å². The van der Waals surface area contributed by atoms with Crippen LogP contribution in [0.3, 0.4) is 0 Å². The summed E-state index contributed by atoms with van der Waals surface area (Å²) in [6, 6.07) is 0. The number of diazo groups is 1. The zero-order chi connectivity index (χ0) is 9.30. The van der Waals surface area contributed by atoms with Gasteiger partial charge in [0.25, 0.3) is 0 Å². The van der Waals surface area contributed by atoms with Crippen molar-refractivity contribution in [2.24, 2.45) is 7.05 Å². The Morgan fingerprint density at radius 1 is 1.75 bits per heavy atom. The van der Waals surface area contributed by atoms with Crippen LogP contribution in [-0.2, 0) is 7.05 Å². The molecule has 0 amide bonds. The standard InChI is InChI=1S/C4H3N5O3/c1-8-4(10)2(6-5)3(7-8)9(11)12/h1H3/p+1. The molecule has 0 aliphatic carbocycles. The van der Waals surface area contributed by atoms with Gasteiger partial charge in [0.1, 0.15) is 0 Å². The van der Waals surface area contributed by atoms with Crippen molar-refractivity contribution in [3.05, 3.63) is 25.4 Å². The lowest BCUT2D eigenvalue weighted by Crippen LogP contribution is -2.10. The molecule has 0 saturated heterocycles. The second kappa shape index (κ2) is 2.46. The van der Waals surface area contributed by atoms with E-state index in [0.29, 0.717) is 0 Å². The summed E-state index contributed by atoms with van der Waals surface area (Å²) >= 11 is 0. The third kappa shape index (κ3) is 0.929. The maximum absolute atomic E-state index is 10.9. The van der Waals surface area contributed by atoms with E-state index in [2.05, 4.69) is 10.1 Å². The van der Waals surface area contributed by atoms with Gasteiger partial charge in [-0.25, -0.2) is 0 Å². The van der Waals surface area contributed by atoms with Gasteiger partial charge in [-0.3, -0.25) is 4.79 Å². The minimum Gasteiger partial charge on any atom is -0.358 e. The first-order chi connectivity index (χ1) is 5.57. The van der Waals surface area contributed by atoms with E-state index in [9.17, 15) is 14.9 Å². The Hall–Kier alpha value is -2.17. The normalized spacial score (nSPS) is 9.33. The van der Waals surface area contributed by atoms with Crippen LogP contribution in [0.1, 0.15) is 0 Å². The molecule has 0 spiro atoms. The second-order valence-electron chi connectivity index (χ2n) is 2.03. The highest BCUT2D eigenvalue weighted by Gasteiger charge is 2.33. The van der Waals surface area contributed by atoms with Gasteiger partial charge < -0.3 is 10.1 Å². The summed E-state index contributed by atoms with van der Waals surface area (Å²) in [5.41, 5.74) is -1.34. The van der Waals surface area contributed by atoms with Crippen molar-refractivity contribution < 1.29 is 4.92 Å². The van der Waals surface area contributed by atoms with Crippen molar-refractivity contribution in [1.29, 1.82) is 5.39 Å². The zero-order valence-corrected chi connectivity index (χ0v) is 6.01. The van der Waals surface area contributed by atoms with Gasteiger partial charge in [-0.2, -0.15) is 9.78 Å². The molecule has 62 valence electrons. The molecule has 0 unspecified atom stereocenters. The maximum Gasteiger partial charge on any atom is 0.545 e. The van der Waals surface area contributed by atoms with Gasteiger partial charge in [0.05, 0.1) is 7.05 Å². The summed E-state index contributed by atoms with van der Waals surface area (Å²) < 4.78 is 0.854. The number of hydrogen-bond acceptors (Lipinski definition) is 4. The lowest BCUT2D eigenvalue weighted by Gasteiger charge is -1.83. The van der Waals surface area contributed by atoms with Crippen molar-refractivity contribution in [3.8, 4) is 0 Å². The molecule has 1 rings (SSSR count). The number of H-pyrrole nitrogens is 1. The molecule has 0 fully saturated rings. The van der Waals surface area contributed by atoms with Crippen LogP contribution in [-0.4, -0.2) is 14.7 Å². The van der Waals surface area contributed by atoms with Crippen molar-refractivity contribution >= 4 is 11.5 Å². The fourth-order valence-electron chi connectivity index (χ4n) is 0.740. The molecule has 0 aromatic carbocycles. The molecule has 0 aliphatic rings. The number of nitrogens with zero attached hydrogens (tertiary/aromatic N) is 4. The van der Waals surface area contributed by atoms with E-state index >= 15 is 0 Å². The van der Waals surface area contributed by atoms with Gasteiger partial charge in [-0.1, -0.05) is 0 Å². The minimum absolute atomic E-state index is 0.595. The maximum atomic E-state index is 10.9. The van der Waals surface area contributed by atoms with E-state index in [0.717, 1.165) is 4.68 Å². The summed E-state index contributed by atoms with van der Waals surface area (Å²) in [4.78, 5) is 22.8. The molecule has 1 aromatic rings. The fourth-order valence-corrected chi connectivity index (χ4v) is 0.740. The van der Waals surface area contributed by atoms with Crippen LogP contribution >= 0.6 is 0 Å². The molecule has 0 aliphatic heterocycles. The SMILES string of the molecule is Cn1[nH]c([N+](=O)[O-])c([N+]#N)c1=O. The molecule has 1 heterocycles. The van der Waals surface area contributed by atoms with Crippen molar-refractivity contribution in [1.82, 2.24) is 9.78 Å². The molecule has 0 saturated carbocycles. The first kappa shape index (κ1) is 7.93. The van der Waals surface area contributed by atoms with Gasteiger partial charge in [-0.15, -0.1) is 0 Å². The number of aryl methyl sites for hydroxylation is 1. The van der Waals surface area contributed by atoms with Crippen LogP contribution in [0.2, 0.25) is 0 Å². The zero-order valence-electron chi connectivity index (χ0n) is 6.01. The average Bonchev–Trinajstić information content (AvgIpc) is 2.29. The third-order valence-corrected chi connectivity index (χ3v) is 1.29. The molecule has 1 N–H and O–H groups in total. The number of rotatable bonds is 1. The number of nitrogens with one attached hydrogen (secondary N) is 1. The molecule has 0 bridgehead atoms.